The summed E-state index contributed by atoms with van der Waals surface area (Å²) in [5, 5.41) is 6.51. The minimum Gasteiger partial charge on any atom is -0.446 e. The molecule has 5 heteroatoms. The van der Waals surface area contributed by atoms with Crippen LogP contribution in [0.25, 0.3) is 0 Å². The third-order valence-electron chi connectivity index (χ3n) is 7.60. The van der Waals surface area contributed by atoms with Gasteiger partial charge in [0.2, 0.25) is 0 Å². The normalized spacial score (nSPS) is 28.1. The molecule has 4 rings (SSSR count). The van der Waals surface area contributed by atoms with E-state index in [4.69, 9.17) is 9.47 Å². The Morgan fingerprint density at radius 1 is 1.07 bits per heavy atom. The molecule has 2 amide bonds. The number of fused-ring (bicyclic) bond motifs is 1. The van der Waals surface area contributed by atoms with Gasteiger partial charge in [0.25, 0.3) is 5.79 Å². The molecule has 2 aliphatic carbocycles. The van der Waals surface area contributed by atoms with Crippen molar-refractivity contribution in [2.75, 3.05) is 0 Å². The molecular weight excluding hydrogens is 364 g/mol. The molecular formula is C24H36N2O3. The van der Waals surface area contributed by atoms with Gasteiger partial charge in [-0.1, -0.05) is 33.6 Å². The fourth-order valence-corrected chi connectivity index (χ4v) is 5.20. The number of nitrogens with one attached hydrogen (secondary N) is 2. The summed E-state index contributed by atoms with van der Waals surface area (Å²) in [4.78, 5) is 13.1. The lowest BCUT2D eigenvalue weighted by Crippen LogP contribution is -2.75. The SMILES string of the molecule is Cc1cc2c(cc1C)OC1(O2)C2CCCC1(NC(=O)N[C@@H](C)C(C)(C)C)CCC2. The minimum absolute atomic E-state index is 0.00000699. The van der Waals surface area contributed by atoms with Crippen molar-refractivity contribution in [1.82, 2.24) is 10.6 Å². The largest absolute Gasteiger partial charge is 0.446 e. The number of urea groups is 1. The molecule has 2 N–H and O–H groups in total. The van der Waals surface area contributed by atoms with Crippen molar-refractivity contribution in [3.05, 3.63) is 23.3 Å². The summed E-state index contributed by atoms with van der Waals surface area (Å²) in [5.41, 5.74) is 1.89. The van der Waals surface area contributed by atoms with Crippen LogP contribution >= 0.6 is 0 Å². The Bertz CT molecular complexity index is 770. The molecule has 1 aromatic carbocycles. The van der Waals surface area contributed by atoms with Crippen LogP contribution in [0.5, 0.6) is 11.5 Å². The maximum atomic E-state index is 13.1. The molecule has 5 nitrogen and oxygen atoms in total. The topological polar surface area (TPSA) is 59.6 Å². The molecule has 0 saturated heterocycles. The van der Waals surface area contributed by atoms with Crippen LogP contribution in [0.15, 0.2) is 12.1 Å². The lowest BCUT2D eigenvalue weighted by Gasteiger charge is -2.56. The number of ether oxygens (including phenoxy) is 2. The van der Waals surface area contributed by atoms with Crippen LogP contribution in [0, 0.1) is 25.2 Å². The number of rotatable bonds is 2. The minimum atomic E-state index is -0.797. The predicted octanol–water partition coefficient (Wildman–Crippen LogP) is 5.23. The molecule has 2 saturated carbocycles. The number of hydrogen-bond acceptors (Lipinski definition) is 3. The molecule has 1 aromatic rings. The smallest absolute Gasteiger partial charge is 0.315 e. The Kier molecular flexibility index (Phi) is 4.79. The van der Waals surface area contributed by atoms with Crippen molar-refractivity contribution < 1.29 is 14.3 Å². The molecule has 1 heterocycles. The van der Waals surface area contributed by atoms with Crippen LogP contribution < -0.4 is 20.1 Å². The van der Waals surface area contributed by atoms with E-state index in [9.17, 15) is 4.79 Å². The van der Waals surface area contributed by atoms with E-state index in [0.29, 0.717) is 5.92 Å². The van der Waals surface area contributed by atoms with Gasteiger partial charge in [-0.2, -0.15) is 0 Å². The maximum absolute atomic E-state index is 13.1. The van der Waals surface area contributed by atoms with E-state index in [0.717, 1.165) is 50.0 Å². The van der Waals surface area contributed by atoms with Gasteiger partial charge in [0.1, 0.15) is 5.54 Å². The average molecular weight is 401 g/mol. The van der Waals surface area contributed by atoms with Crippen molar-refractivity contribution in [1.29, 1.82) is 0 Å². The first kappa shape index (κ1) is 20.4. The lowest BCUT2D eigenvalue weighted by atomic mass is 9.62. The van der Waals surface area contributed by atoms with Gasteiger partial charge in [-0.05, 0) is 75.1 Å². The van der Waals surface area contributed by atoms with E-state index < -0.39 is 11.3 Å². The Balaban J connectivity index is 1.65. The third kappa shape index (κ3) is 3.27. The highest BCUT2D eigenvalue weighted by Crippen LogP contribution is 2.57. The quantitative estimate of drug-likeness (QED) is 0.715. The zero-order valence-electron chi connectivity index (χ0n) is 18.8. The molecule has 1 atom stereocenters. The second-order valence-corrected chi connectivity index (χ2v) is 10.5. The van der Waals surface area contributed by atoms with E-state index in [-0.39, 0.29) is 17.5 Å². The molecule has 160 valence electrons. The molecule has 1 aliphatic heterocycles. The van der Waals surface area contributed by atoms with Crippen LogP contribution in [0.1, 0.15) is 77.3 Å². The number of carbonyl (C=O) groups excluding carboxylic acids is 1. The van der Waals surface area contributed by atoms with Crippen LogP contribution in [0.3, 0.4) is 0 Å². The highest BCUT2D eigenvalue weighted by Gasteiger charge is 2.67. The molecule has 2 fully saturated rings. The lowest BCUT2D eigenvalue weighted by molar-refractivity contribution is -0.222. The third-order valence-corrected chi connectivity index (χ3v) is 7.60. The first-order chi connectivity index (χ1) is 13.6. The van der Waals surface area contributed by atoms with E-state index in [2.05, 4.69) is 64.3 Å². The summed E-state index contributed by atoms with van der Waals surface area (Å²) in [6.07, 6.45) is 6.09. The van der Waals surface area contributed by atoms with Gasteiger partial charge >= 0.3 is 6.03 Å². The molecule has 3 aliphatic rings. The first-order valence-corrected chi connectivity index (χ1v) is 11.1. The number of hydrogen-bond donors (Lipinski definition) is 2. The second-order valence-electron chi connectivity index (χ2n) is 10.5. The molecule has 2 bridgehead atoms. The van der Waals surface area contributed by atoms with E-state index in [1.807, 2.05) is 0 Å². The summed E-state index contributed by atoms with van der Waals surface area (Å²) in [6, 6.07) is 4.11. The van der Waals surface area contributed by atoms with Crippen LogP contribution in [0.4, 0.5) is 4.79 Å². The van der Waals surface area contributed by atoms with E-state index in [1.54, 1.807) is 0 Å². The van der Waals surface area contributed by atoms with Gasteiger partial charge in [-0.3, -0.25) is 0 Å². The van der Waals surface area contributed by atoms with Gasteiger partial charge in [0.15, 0.2) is 11.5 Å². The molecule has 1 spiro atoms. The zero-order valence-corrected chi connectivity index (χ0v) is 18.8. The molecule has 0 aromatic heterocycles. The van der Waals surface area contributed by atoms with Crippen molar-refractivity contribution in [3.63, 3.8) is 0 Å². The predicted molar refractivity (Wildman–Crippen MR) is 114 cm³/mol. The van der Waals surface area contributed by atoms with Crippen LogP contribution in [0.2, 0.25) is 0 Å². The summed E-state index contributed by atoms with van der Waals surface area (Å²) in [5.74, 6) is 1.13. The molecule has 0 radical (unpaired) electrons. The van der Waals surface area contributed by atoms with Crippen molar-refractivity contribution in [2.45, 2.75) is 97.4 Å². The molecule has 29 heavy (non-hydrogen) atoms. The zero-order chi connectivity index (χ0) is 21.0. The average Bonchev–Trinajstić information content (AvgIpc) is 2.94. The van der Waals surface area contributed by atoms with Gasteiger partial charge in [-0.15, -0.1) is 0 Å². The standard InChI is InChI=1S/C24H36N2O3/c1-15-13-19-20(14-16(15)2)29-24(28-19)18-9-7-11-23(24,12-8-10-18)26-21(27)25-17(3)22(4,5)6/h13-14,17-18H,7-12H2,1-6H3,(H2,25,26,27)/t17-,18?,23?/m0/s1. The maximum Gasteiger partial charge on any atom is 0.315 e. The number of benzene rings is 1. The number of carbonyl (C=O) groups is 1. The van der Waals surface area contributed by atoms with Gasteiger partial charge in [0, 0.05) is 12.0 Å². The van der Waals surface area contributed by atoms with Crippen molar-refractivity contribution >= 4 is 6.03 Å². The Labute approximate surface area is 174 Å². The fourth-order valence-electron chi connectivity index (χ4n) is 5.20. The number of aryl methyl sites for hydroxylation is 2. The monoisotopic (exact) mass is 400 g/mol. The summed E-state index contributed by atoms with van der Waals surface area (Å²) >= 11 is 0. The summed E-state index contributed by atoms with van der Waals surface area (Å²) in [6.45, 7) is 12.7. The van der Waals surface area contributed by atoms with Crippen molar-refractivity contribution in [3.8, 4) is 11.5 Å². The summed E-state index contributed by atoms with van der Waals surface area (Å²) in [7, 11) is 0. The molecule has 0 unspecified atom stereocenters. The highest BCUT2D eigenvalue weighted by molar-refractivity contribution is 5.75. The Hall–Kier alpha value is -1.91. The van der Waals surface area contributed by atoms with Gasteiger partial charge in [-0.25, -0.2) is 4.79 Å². The van der Waals surface area contributed by atoms with Gasteiger partial charge in [0.05, 0.1) is 0 Å². The summed E-state index contributed by atoms with van der Waals surface area (Å²) < 4.78 is 13.3. The Morgan fingerprint density at radius 2 is 1.59 bits per heavy atom. The van der Waals surface area contributed by atoms with Crippen LogP contribution in [-0.2, 0) is 0 Å². The Morgan fingerprint density at radius 3 is 2.07 bits per heavy atom. The highest BCUT2D eigenvalue weighted by atomic mass is 16.7. The fraction of sp³-hybridized carbons (Fsp3) is 0.708. The second kappa shape index (κ2) is 6.82. The first-order valence-electron chi connectivity index (χ1n) is 11.1. The van der Waals surface area contributed by atoms with E-state index in [1.165, 1.54) is 11.1 Å². The van der Waals surface area contributed by atoms with Crippen LogP contribution in [-0.4, -0.2) is 23.4 Å². The van der Waals surface area contributed by atoms with Gasteiger partial charge < -0.3 is 20.1 Å². The number of amides is 2. The van der Waals surface area contributed by atoms with Crippen molar-refractivity contribution in [2.24, 2.45) is 11.3 Å². The van der Waals surface area contributed by atoms with E-state index >= 15 is 0 Å².